The number of carbonyl (C=O) groups excluding carboxylic acids is 13. The van der Waals surface area contributed by atoms with Crippen LogP contribution in [0.2, 0.25) is 0 Å². The fraction of sp³-hybridized carbons (Fsp3) is 0.699. The van der Waals surface area contributed by atoms with E-state index in [-0.39, 0.29) is 147 Å². The van der Waals surface area contributed by atoms with E-state index >= 15 is 4.79 Å². The fourth-order valence-electron chi connectivity index (χ4n) is 14.6. The number of ether oxygens (including phenoxy) is 8. The van der Waals surface area contributed by atoms with Gasteiger partial charge in [-0.2, -0.15) is 23.5 Å². The number of nitrogens with one attached hydrogen (secondary N) is 12. The van der Waals surface area contributed by atoms with E-state index in [9.17, 15) is 67.4 Å². The molecule has 0 radical (unpaired) electrons. The molecule has 0 bridgehead atoms. The molecule has 12 atom stereocenters. The number of aromatic amines is 1. The summed E-state index contributed by atoms with van der Waals surface area (Å²) in [7, 11) is 0. The van der Waals surface area contributed by atoms with Crippen LogP contribution in [0.25, 0.3) is 0 Å². The molecule has 694 valence electrons. The summed E-state index contributed by atoms with van der Waals surface area (Å²) in [5, 5.41) is 42.1. The van der Waals surface area contributed by atoms with E-state index in [1.54, 1.807) is 36.9 Å². The van der Waals surface area contributed by atoms with E-state index < -0.39 is 144 Å². The van der Waals surface area contributed by atoms with Gasteiger partial charge in [-0.25, -0.2) is 14.8 Å². The molecule has 0 aromatic carbocycles. The Hall–Kier alpha value is -8.85. The number of nitrogens with zero attached hydrogens (tertiary/aromatic N) is 4. The number of aliphatic carboxylic acids is 1. The predicted molar refractivity (Wildman–Crippen MR) is 460 cm³/mol. The number of thioether (sulfide) groups is 2. The number of pyridine rings is 1. The van der Waals surface area contributed by atoms with Crippen molar-refractivity contribution in [1.82, 2.24) is 83.3 Å². The monoisotopic (exact) mass is 1810 g/mol. The summed E-state index contributed by atoms with van der Waals surface area (Å²) >= 11 is 4.50. The van der Waals surface area contributed by atoms with Crippen LogP contribution in [-0.2, 0) is 119 Å². The zero-order chi connectivity index (χ0) is 89.3. The quantitative estimate of drug-likeness (QED) is 0.0273. The van der Waals surface area contributed by atoms with Crippen LogP contribution < -0.4 is 58.5 Å². The predicted octanol–water partition coefficient (Wildman–Crippen LogP) is 0.701. The first-order valence-corrected chi connectivity index (χ1v) is 46.8. The molecule has 3 aromatic heterocycles. The van der Waals surface area contributed by atoms with Crippen LogP contribution in [0.1, 0.15) is 146 Å². The Kier molecular flexibility index (Phi) is 46.9. The topological polar surface area (TPSA) is 523 Å². The number of rotatable bonds is 49. The second-order valence-corrected chi connectivity index (χ2v) is 34.2. The number of carboxylic acid groups (broad SMARTS) is 1. The van der Waals surface area contributed by atoms with Crippen molar-refractivity contribution in [2.24, 2.45) is 11.8 Å². The molecule has 7 heterocycles. The third-order valence-corrected chi connectivity index (χ3v) is 24.3. The van der Waals surface area contributed by atoms with Crippen molar-refractivity contribution >= 4 is 117 Å². The van der Waals surface area contributed by atoms with Crippen molar-refractivity contribution in [2.45, 2.75) is 214 Å². The number of amides is 12. The van der Waals surface area contributed by atoms with Crippen molar-refractivity contribution in [3.05, 3.63) is 64.9 Å². The standard InChI is InChI=1S/C83H126N16O23S3/c1-3-60-76(107)87-49-72(103)90-62(18-19-73(104)105)78(109)93-61(21-41-123-2)69(101)44-56(42-54-16-17-54)75(106)94-64(43-55-10-6-22-84-47-55)77(108)86-23-7-13-63(82(113)99-24-8-14-68(99)81(112)96-66(46-58-50-124-53-89-58)80(111)95-65(79(110)92-60)45-57-48-85-52-88-57)91-71(102)20-26-116-28-30-118-32-34-120-36-38-122-40-39-121-37-35-119-33-31-117-29-27-115-25-9-12-59(100)11-4-5-15-70-74-67(51-125-70)97-83(114)98-74/h6,10,22,47-48,50,52-54,56,60-68,70,74H,3-5,7-9,11-21,23-46,49,51H2,1-2H3,(H,85,88)(H,86,108)(H,87,107)(H,90,103)(H,91,102)(H,92,110)(H,93,109)(H,94,106)(H,95,111)(H,96,112)(H,104,105)(H2,97,98,114)/t56-,60+,61+,62+,63+,64+,65+,66+,67+,68-,70+,74+/m1/s1. The number of urea groups is 1. The number of carbonyl (C=O) groups is 14. The zero-order valence-electron chi connectivity index (χ0n) is 71.5. The first-order chi connectivity index (χ1) is 60.6. The summed E-state index contributed by atoms with van der Waals surface area (Å²) < 4.78 is 45.0. The maximum Gasteiger partial charge on any atom is 0.315 e. The molecule has 13 N–H and O–H groups in total. The van der Waals surface area contributed by atoms with E-state index in [1.165, 1.54) is 52.2 Å². The largest absolute Gasteiger partial charge is 0.481 e. The van der Waals surface area contributed by atoms with Gasteiger partial charge in [0, 0.05) is 118 Å². The molecular weight excluding hydrogens is 1690 g/mol. The Morgan fingerprint density at radius 1 is 0.584 bits per heavy atom. The van der Waals surface area contributed by atoms with Gasteiger partial charge in [0.2, 0.25) is 59.1 Å². The summed E-state index contributed by atoms with van der Waals surface area (Å²) in [6.07, 6.45) is 12.6. The molecule has 4 aliphatic heterocycles. The lowest BCUT2D eigenvalue weighted by Gasteiger charge is -2.30. The second-order valence-electron chi connectivity index (χ2n) is 31.2. The molecule has 1 saturated carbocycles. The number of unbranched alkanes of at least 4 members (excludes halogenated alkanes) is 1. The van der Waals surface area contributed by atoms with Crippen molar-refractivity contribution < 1.29 is 110 Å². The second kappa shape index (κ2) is 57.8. The minimum atomic E-state index is -1.53. The molecule has 0 unspecified atom stereocenters. The van der Waals surface area contributed by atoms with Gasteiger partial charge in [0.05, 0.1) is 141 Å². The lowest BCUT2D eigenvalue weighted by molar-refractivity contribution is -0.142. The van der Waals surface area contributed by atoms with Crippen molar-refractivity contribution in [3.63, 3.8) is 0 Å². The molecule has 0 spiro atoms. The van der Waals surface area contributed by atoms with Crippen molar-refractivity contribution in [3.8, 4) is 0 Å². The molecule has 1 aliphatic carbocycles. The molecule has 125 heavy (non-hydrogen) atoms. The molecule has 3 aromatic rings. The number of aromatic nitrogens is 4. The van der Waals surface area contributed by atoms with E-state index in [0.29, 0.717) is 126 Å². The molecular formula is C83H126N16O23S3. The van der Waals surface area contributed by atoms with Gasteiger partial charge in [-0.15, -0.1) is 11.3 Å². The maximum absolute atomic E-state index is 15.1. The highest BCUT2D eigenvalue weighted by molar-refractivity contribution is 8.00. The van der Waals surface area contributed by atoms with Gasteiger partial charge in [-0.05, 0) is 100 Å². The number of carboxylic acids is 1. The minimum Gasteiger partial charge on any atom is -0.481 e. The summed E-state index contributed by atoms with van der Waals surface area (Å²) in [5.41, 5.74) is 2.91. The number of Topliss-reactive ketones (excluding diaryl/α,β-unsaturated/α-hetero) is 2. The Morgan fingerprint density at radius 3 is 1.82 bits per heavy atom. The molecule has 12 amide bonds. The average Bonchev–Trinajstić information content (AvgIpc) is 1.68. The van der Waals surface area contributed by atoms with Gasteiger partial charge >= 0.3 is 12.0 Å². The van der Waals surface area contributed by atoms with Gasteiger partial charge in [0.1, 0.15) is 48.1 Å². The molecule has 4 saturated heterocycles. The van der Waals surface area contributed by atoms with Gasteiger partial charge in [0.25, 0.3) is 0 Å². The molecule has 5 aliphatic rings. The van der Waals surface area contributed by atoms with Crippen LogP contribution in [0.15, 0.2) is 47.9 Å². The van der Waals surface area contributed by atoms with Crippen molar-refractivity contribution in [2.75, 3.05) is 143 Å². The Bertz CT molecular complexity index is 3840. The Morgan fingerprint density at radius 2 is 1.20 bits per heavy atom. The molecule has 8 rings (SSSR count). The number of thiazole rings is 1. The van der Waals surface area contributed by atoms with E-state index in [4.69, 9.17) is 37.9 Å². The number of H-pyrrole nitrogens is 1. The van der Waals surface area contributed by atoms with Gasteiger partial charge in [-0.3, -0.25) is 67.3 Å². The Labute approximate surface area is 740 Å². The van der Waals surface area contributed by atoms with Crippen LogP contribution in [-0.4, -0.2) is 321 Å². The summed E-state index contributed by atoms with van der Waals surface area (Å²) in [4.78, 5) is 211. The van der Waals surface area contributed by atoms with Crippen molar-refractivity contribution in [1.29, 1.82) is 0 Å². The third-order valence-electron chi connectivity index (χ3n) is 21.5. The maximum atomic E-state index is 15.1. The third kappa shape index (κ3) is 38.7. The van der Waals surface area contributed by atoms with E-state index in [2.05, 4.69) is 78.4 Å². The fourth-order valence-corrected chi connectivity index (χ4v) is 17.2. The molecule has 42 heteroatoms. The van der Waals surface area contributed by atoms with Crippen LogP contribution >= 0.6 is 34.9 Å². The summed E-state index contributed by atoms with van der Waals surface area (Å²) in [6, 6.07) is -6.87. The number of imidazole rings is 1. The first-order valence-electron chi connectivity index (χ1n) is 43.4. The Balaban J connectivity index is 0.813. The van der Waals surface area contributed by atoms with Crippen LogP contribution in [0, 0.1) is 11.8 Å². The summed E-state index contributed by atoms with van der Waals surface area (Å²) in [6.45, 7) is 5.96. The normalized spacial score (nSPS) is 23.8. The zero-order valence-corrected chi connectivity index (χ0v) is 73.9. The van der Waals surface area contributed by atoms with Gasteiger partial charge in [0.15, 0.2) is 5.78 Å². The number of ketones is 2. The van der Waals surface area contributed by atoms with Gasteiger partial charge < -0.3 is 111 Å². The number of fused-ring (bicyclic) bond motifs is 2. The lowest BCUT2D eigenvalue weighted by atomic mass is 9.91. The van der Waals surface area contributed by atoms with Crippen LogP contribution in [0.4, 0.5) is 4.79 Å². The van der Waals surface area contributed by atoms with Crippen LogP contribution in [0.3, 0.4) is 0 Å². The highest BCUT2D eigenvalue weighted by atomic mass is 32.2. The first kappa shape index (κ1) is 102. The number of hydrogen-bond donors (Lipinski definition) is 13. The minimum absolute atomic E-state index is 0.0346. The SMILES string of the molecule is CC[C@@H]1NC(=O)[C@H](Cc2cnc[nH]2)NC(=O)[C@H](Cc2cscn2)NC(=O)[C@H]2CCCN2C(=O)[C@@H](NC(=O)CCOCCOCCOCCOCCOCCOCCOCCOCCCC(=O)CCCC[C@@H]2SC[C@@H]3NC(=O)N[C@@H]32)CCCNC(=O)[C@H](Cc2cccnc2)NC(=O)[C@H](CC2CC2)CC(=O)[C@H](CCSC)NC(=O)[C@H](CCC(=O)O)NC(=O)CNC1=O. The highest BCUT2D eigenvalue weighted by Gasteiger charge is 2.44. The van der Waals surface area contributed by atoms with Gasteiger partial charge in [-0.1, -0.05) is 32.3 Å². The van der Waals surface area contributed by atoms with Crippen LogP contribution in [0.5, 0.6) is 0 Å². The van der Waals surface area contributed by atoms with E-state index in [1.807, 2.05) is 11.8 Å². The summed E-state index contributed by atoms with van der Waals surface area (Å²) in [5.74, 6) is -8.74. The number of hydrogen-bond acceptors (Lipinski definition) is 28. The lowest BCUT2D eigenvalue weighted by Crippen LogP contribution is -2.60. The molecule has 39 nitrogen and oxygen atoms in total. The highest BCUT2D eigenvalue weighted by Crippen LogP contribution is 2.37. The average molecular weight is 1810 g/mol. The smallest absolute Gasteiger partial charge is 0.315 e. The molecule has 5 fully saturated rings. The van der Waals surface area contributed by atoms with E-state index in [0.717, 1.165) is 37.9 Å².